The number of nitrogens with one attached hydrogen (secondary N) is 1. The largest absolute Gasteiger partial charge is 0.394 e. The SMILES string of the molecule is CC1CN(Cc2cccc3c2C(=O)N(C2CCC(=O)NC2=O)C3=O)c2c(N)cnn2C1. The van der Waals surface area contributed by atoms with E-state index in [1.165, 1.54) is 0 Å². The summed E-state index contributed by atoms with van der Waals surface area (Å²) in [6, 6.07) is 4.17. The zero-order chi connectivity index (χ0) is 21.9. The molecule has 10 nitrogen and oxygen atoms in total. The van der Waals surface area contributed by atoms with Crippen LogP contribution in [0.3, 0.4) is 0 Å². The van der Waals surface area contributed by atoms with Crippen molar-refractivity contribution in [2.45, 2.75) is 38.9 Å². The second-order valence-corrected chi connectivity index (χ2v) is 8.38. The molecule has 160 valence electrons. The third kappa shape index (κ3) is 2.97. The van der Waals surface area contributed by atoms with Crippen LogP contribution in [0.15, 0.2) is 24.4 Å². The first-order chi connectivity index (χ1) is 14.8. The Kier molecular flexibility index (Phi) is 4.31. The third-order valence-corrected chi connectivity index (χ3v) is 6.07. The Morgan fingerprint density at radius 3 is 2.74 bits per heavy atom. The molecule has 3 aliphatic rings. The molecule has 5 rings (SSSR count). The lowest BCUT2D eigenvalue weighted by Crippen LogP contribution is -2.54. The Labute approximate surface area is 178 Å². The van der Waals surface area contributed by atoms with Crippen molar-refractivity contribution in [3.8, 4) is 0 Å². The van der Waals surface area contributed by atoms with E-state index in [9.17, 15) is 19.2 Å². The number of benzene rings is 1. The fourth-order valence-corrected chi connectivity index (χ4v) is 4.75. The van der Waals surface area contributed by atoms with Gasteiger partial charge in [-0.05, 0) is 24.0 Å². The Morgan fingerprint density at radius 1 is 1.16 bits per heavy atom. The van der Waals surface area contributed by atoms with Crippen molar-refractivity contribution >= 4 is 35.1 Å². The van der Waals surface area contributed by atoms with Crippen LogP contribution in [0, 0.1) is 5.92 Å². The maximum Gasteiger partial charge on any atom is 0.262 e. The average molecular weight is 422 g/mol. The highest BCUT2D eigenvalue weighted by molar-refractivity contribution is 6.24. The monoisotopic (exact) mass is 422 g/mol. The van der Waals surface area contributed by atoms with Gasteiger partial charge in [0.05, 0.1) is 23.0 Å². The molecule has 1 saturated heterocycles. The molecule has 31 heavy (non-hydrogen) atoms. The molecule has 4 heterocycles. The molecule has 2 atom stereocenters. The molecule has 10 heteroatoms. The molecular weight excluding hydrogens is 400 g/mol. The molecule has 0 saturated carbocycles. The lowest BCUT2D eigenvalue weighted by molar-refractivity contribution is -0.136. The number of aromatic nitrogens is 2. The van der Waals surface area contributed by atoms with E-state index < -0.39 is 29.7 Å². The Hall–Kier alpha value is -3.69. The molecule has 1 aromatic carbocycles. The van der Waals surface area contributed by atoms with E-state index in [4.69, 9.17) is 5.73 Å². The van der Waals surface area contributed by atoms with Gasteiger partial charge in [-0.2, -0.15) is 5.10 Å². The number of piperidine rings is 1. The normalized spacial score (nSPS) is 23.1. The lowest BCUT2D eigenvalue weighted by atomic mass is 10.0. The van der Waals surface area contributed by atoms with Crippen LogP contribution in [-0.4, -0.2) is 50.9 Å². The molecule has 4 amide bonds. The van der Waals surface area contributed by atoms with Crippen molar-refractivity contribution in [3.05, 3.63) is 41.1 Å². The molecule has 0 aliphatic carbocycles. The minimum absolute atomic E-state index is 0.0889. The molecule has 1 fully saturated rings. The minimum atomic E-state index is -0.981. The number of nitrogens with zero attached hydrogens (tertiary/aromatic N) is 4. The summed E-state index contributed by atoms with van der Waals surface area (Å²) in [6.07, 6.45) is 1.84. The van der Waals surface area contributed by atoms with E-state index in [-0.39, 0.29) is 18.4 Å². The van der Waals surface area contributed by atoms with E-state index in [1.807, 2.05) is 10.7 Å². The Balaban J connectivity index is 1.49. The zero-order valence-electron chi connectivity index (χ0n) is 17.0. The van der Waals surface area contributed by atoms with Crippen LogP contribution in [0.2, 0.25) is 0 Å². The predicted octanol–water partition coefficient (Wildman–Crippen LogP) is 0.523. The molecule has 2 aromatic rings. The molecule has 2 unspecified atom stereocenters. The molecule has 1 aromatic heterocycles. The highest BCUT2D eigenvalue weighted by atomic mass is 16.2. The van der Waals surface area contributed by atoms with Crippen LogP contribution in [0.5, 0.6) is 0 Å². The van der Waals surface area contributed by atoms with E-state index in [0.717, 1.165) is 23.8 Å². The first kappa shape index (κ1) is 19.3. The van der Waals surface area contributed by atoms with Gasteiger partial charge in [0, 0.05) is 26.1 Å². The molecular formula is C21H22N6O4. The molecule has 3 aliphatic heterocycles. The van der Waals surface area contributed by atoms with Crippen LogP contribution >= 0.6 is 0 Å². The zero-order valence-corrected chi connectivity index (χ0v) is 17.0. The van der Waals surface area contributed by atoms with E-state index >= 15 is 0 Å². The van der Waals surface area contributed by atoms with Crippen molar-refractivity contribution in [2.24, 2.45) is 5.92 Å². The Morgan fingerprint density at radius 2 is 1.97 bits per heavy atom. The highest BCUT2D eigenvalue weighted by Gasteiger charge is 2.45. The first-order valence-electron chi connectivity index (χ1n) is 10.2. The molecule has 3 N–H and O–H groups in total. The van der Waals surface area contributed by atoms with Crippen molar-refractivity contribution in [1.82, 2.24) is 20.0 Å². The topological polar surface area (TPSA) is 131 Å². The summed E-state index contributed by atoms with van der Waals surface area (Å²) in [4.78, 5) is 53.2. The number of rotatable bonds is 3. The van der Waals surface area contributed by atoms with Crippen molar-refractivity contribution in [2.75, 3.05) is 17.2 Å². The van der Waals surface area contributed by atoms with Gasteiger partial charge in [0.1, 0.15) is 6.04 Å². The van der Waals surface area contributed by atoms with Crippen LogP contribution in [0.25, 0.3) is 0 Å². The van der Waals surface area contributed by atoms with Gasteiger partial charge in [-0.3, -0.25) is 29.4 Å². The van der Waals surface area contributed by atoms with Gasteiger partial charge in [0.2, 0.25) is 11.8 Å². The fourth-order valence-electron chi connectivity index (χ4n) is 4.75. The first-order valence-corrected chi connectivity index (χ1v) is 10.2. The summed E-state index contributed by atoms with van der Waals surface area (Å²) in [5.41, 5.74) is 7.96. The predicted molar refractivity (Wildman–Crippen MR) is 110 cm³/mol. The number of anilines is 2. The number of carbonyl (C=O) groups is 4. The maximum absolute atomic E-state index is 13.3. The summed E-state index contributed by atoms with van der Waals surface area (Å²) in [5.74, 6) is -0.888. The standard InChI is InChI=1S/C21H22N6O4/c1-11-8-25(19-14(22)7-23-26(19)9-11)10-12-3-2-4-13-17(12)21(31)27(20(13)30)15-5-6-16(28)24-18(15)29/h2-4,7,11,15H,5-6,8-10,22H2,1H3,(H,24,28,29). The number of fused-ring (bicyclic) bond motifs is 2. The van der Waals surface area contributed by atoms with Gasteiger partial charge < -0.3 is 10.6 Å². The molecule has 0 bridgehead atoms. The van der Waals surface area contributed by atoms with Crippen LogP contribution in [0.1, 0.15) is 46.0 Å². The third-order valence-electron chi connectivity index (χ3n) is 6.07. The van der Waals surface area contributed by atoms with Gasteiger partial charge in [0.25, 0.3) is 11.8 Å². The molecule has 0 spiro atoms. The second-order valence-electron chi connectivity index (χ2n) is 8.38. The number of nitrogen functional groups attached to an aromatic ring is 1. The number of hydrogen-bond donors (Lipinski definition) is 2. The minimum Gasteiger partial charge on any atom is -0.394 e. The van der Waals surface area contributed by atoms with E-state index in [2.05, 4.69) is 22.2 Å². The molecule has 0 radical (unpaired) electrons. The number of nitrogens with two attached hydrogens (primary N) is 1. The summed E-state index contributed by atoms with van der Waals surface area (Å²) >= 11 is 0. The average Bonchev–Trinajstić information content (AvgIpc) is 3.21. The van der Waals surface area contributed by atoms with Crippen LogP contribution in [-0.2, 0) is 22.7 Å². The van der Waals surface area contributed by atoms with E-state index in [0.29, 0.717) is 29.3 Å². The van der Waals surface area contributed by atoms with Crippen molar-refractivity contribution in [3.63, 3.8) is 0 Å². The van der Waals surface area contributed by atoms with Crippen LogP contribution < -0.4 is 16.0 Å². The number of hydrogen-bond acceptors (Lipinski definition) is 7. The van der Waals surface area contributed by atoms with Crippen molar-refractivity contribution in [1.29, 1.82) is 0 Å². The fraction of sp³-hybridized carbons (Fsp3) is 0.381. The van der Waals surface area contributed by atoms with E-state index in [1.54, 1.807) is 18.3 Å². The summed E-state index contributed by atoms with van der Waals surface area (Å²) in [7, 11) is 0. The summed E-state index contributed by atoms with van der Waals surface area (Å²) < 4.78 is 1.86. The van der Waals surface area contributed by atoms with Gasteiger partial charge in [0.15, 0.2) is 5.82 Å². The maximum atomic E-state index is 13.3. The smallest absolute Gasteiger partial charge is 0.262 e. The van der Waals surface area contributed by atoms with Gasteiger partial charge in [-0.15, -0.1) is 0 Å². The number of imide groups is 2. The quantitative estimate of drug-likeness (QED) is 0.690. The Bertz CT molecular complexity index is 1140. The van der Waals surface area contributed by atoms with Crippen molar-refractivity contribution < 1.29 is 19.2 Å². The summed E-state index contributed by atoms with van der Waals surface area (Å²) in [5, 5.41) is 6.55. The second kappa shape index (κ2) is 6.93. The van der Waals surface area contributed by atoms with Gasteiger partial charge >= 0.3 is 0 Å². The lowest BCUT2D eigenvalue weighted by Gasteiger charge is -2.34. The highest BCUT2D eigenvalue weighted by Crippen LogP contribution is 2.34. The number of carbonyl (C=O) groups excluding carboxylic acids is 4. The van der Waals surface area contributed by atoms with Crippen LogP contribution in [0.4, 0.5) is 11.5 Å². The summed E-state index contributed by atoms with van der Waals surface area (Å²) in [6.45, 7) is 3.99. The number of amides is 4. The van der Waals surface area contributed by atoms with Gasteiger partial charge in [-0.25, -0.2) is 4.68 Å². The van der Waals surface area contributed by atoms with Gasteiger partial charge in [-0.1, -0.05) is 19.1 Å².